The van der Waals surface area contributed by atoms with Crippen molar-refractivity contribution in [3.63, 3.8) is 0 Å². The molecule has 0 fully saturated rings. The number of carbonyl (C=O) groups is 2. The predicted molar refractivity (Wildman–Crippen MR) is 91.6 cm³/mol. The molecule has 5 heteroatoms. The van der Waals surface area contributed by atoms with Gasteiger partial charge in [-0.1, -0.05) is 54.2 Å². The van der Waals surface area contributed by atoms with Gasteiger partial charge in [-0.2, -0.15) is 0 Å². The van der Waals surface area contributed by atoms with Crippen LogP contribution < -0.4 is 4.74 Å². The lowest BCUT2D eigenvalue weighted by Gasteiger charge is -2.13. The third-order valence-electron chi connectivity index (χ3n) is 3.25. The number of hydrogen-bond donors (Lipinski definition) is 1. The molecule has 120 valence electrons. The molecule has 2 aromatic carbocycles. The van der Waals surface area contributed by atoms with Crippen LogP contribution in [0.15, 0.2) is 54.6 Å². The van der Waals surface area contributed by atoms with E-state index in [1.807, 2.05) is 54.6 Å². The molecule has 1 unspecified atom stereocenters. The number of carboxylic acid groups (broad SMARTS) is 1. The van der Waals surface area contributed by atoms with E-state index in [2.05, 4.69) is 0 Å². The van der Waals surface area contributed by atoms with Crippen LogP contribution in [-0.4, -0.2) is 28.6 Å². The summed E-state index contributed by atoms with van der Waals surface area (Å²) in [6, 6.07) is 17.5. The van der Waals surface area contributed by atoms with Gasteiger partial charge in [-0.25, -0.2) is 0 Å². The first-order valence-electron chi connectivity index (χ1n) is 7.20. The fourth-order valence-electron chi connectivity index (χ4n) is 1.98. The third kappa shape index (κ3) is 5.45. The Kier molecular flexibility index (Phi) is 6.23. The molecule has 0 aliphatic carbocycles. The number of hydrogen-bond acceptors (Lipinski definition) is 4. The number of rotatable bonds is 7. The van der Waals surface area contributed by atoms with Gasteiger partial charge in [0.05, 0.1) is 0 Å². The maximum Gasteiger partial charge on any atom is 0.310 e. The van der Waals surface area contributed by atoms with Gasteiger partial charge in [0.15, 0.2) is 5.12 Å². The molecule has 0 aliphatic rings. The molecular weight excluding hydrogens is 312 g/mol. The van der Waals surface area contributed by atoms with E-state index in [0.29, 0.717) is 5.75 Å². The van der Waals surface area contributed by atoms with Crippen LogP contribution in [-0.2, 0) is 9.59 Å². The highest BCUT2D eigenvalue weighted by atomic mass is 32.2. The Morgan fingerprint density at radius 3 is 2.22 bits per heavy atom. The van der Waals surface area contributed by atoms with E-state index in [0.717, 1.165) is 22.9 Å². The van der Waals surface area contributed by atoms with Crippen LogP contribution in [0.5, 0.6) is 5.75 Å². The van der Waals surface area contributed by atoms with E-state index in [9.17, 15) is 9.59 Å². The van der Waals surface area contributed by atoms with Crippen molar-refractivity contribution in [2.75, 3.05) is 12.4 Å². The van der Waals surface area contributed by atoms with E-state index in [1.54, 1.807) is 0 Å². The molecule has 0 heterocycles. The predicted octanol–water partition coefficient (Wildman–Crippen LogP) is 3.71. The normalized spacial score (nSPS) is 11.7. The minimum absolute atomic E-state index is 0.0420. The summed E-state index contributed by atoms with van der Waals surface area (Å²) < 4.78 is 5.55. The quantitative estimate of drug-likeness (QED) is 0.838. The molecule has 0 amide bonds. The Hall–Kier alpha value is -2.27. The minimum atomic E-state index is -0.959. The molecule has 1 atom stereocenters. The summed E-state index contributed by atoms with van der Waals surface area (Å²) in [6.45, 7) is 1.47. The summed E-state index contributed by atoms with van der Waals surface area (Å²) in [5.41, 5.74) is 2.18. The Balaban J connectivity index is 1.95. The van der Waals surface area contributed by atoms with E-state index in [-0.39, 0.29) is 17.5 Å². The summed E-state index contributed by atoms with van der Waals surface area (Å²) in [4.78, 5) is 22.1. The first-order valence-corrected chi connectivity index (χ1v) is 8.19. The van der Waals surface area contributed by atoms with Gasteiger partial charge >= 0.3 is 5.97 Å². The van der Waals surface area contributed by atoms with Gasteiger partial charge in [0.25, 0.3) is 0 Å². The Bertz CT molecular complexity index is 652. The molecule has 0 spiro atoms. The van der Waals surface area contributed by atoms with Crippen LogP contribution in [0.25, 0.3) is 11.1 Å². The zero-order valence-corrected chi connectivity index (χ0v) is 13.6. The van der Waals surface area contributed by atoms with E-state index < -0.39 is 11.9 Å². The van der Waals surface area contributed by atoms with Crippen LogP contribution in [0.4, 0.5) is 0 Å². The largest absolute Gasteiger partial charge is 0.493 e. The number of carbonyl (C=O) groups excluding carboxylic acids is 1. The zero-order valence-electron chi connectivity index (χ0n) is 12.8. The topological polar surface area (TPSA) is 63.6 Å². The molecule has 2 rings (SSSR count). The number of aliphatic carboxylic acids is 1. The number of thioether (sulfide) groups is 1. The fraction of sp³-hybridized carbons (Fsp3) is 0.222. The SMILES string of the molecule is CC(=O)SCC(COc1ccc(-c2ccccc2)cc1)C(=O)O. The highest BCUT2D eigenvalue weighted by Crippen LogP contribution is 2.22. The second-order valence-electron chi connectivity index (χ2n) is 5.04. The summed E-state index contributed by atoms with van der Waals surface area (Å²) in [5, 5.41) is 9.06. The molecule has 0 aromatic heterocycles. The smallest absolute Gasteiger partial charge is 0.310 e. The van der Waals surface area contributed by atoms with Gasteiger partial charge in [0, 0.05) is 12.7 Å². The van der Waals surface area contributed by atoms with Crippen molar-refractivity contribution in [3.05, 3.63) is 54.6 Å². The Morgan fingerprint density at radius 2 is 1.65 bits per heavy atom. The summed E-state index contributed by atoms with van der Waals surface area (Å²) in [5.74, 6) is -0.839. The van der Waals surface area contributed by atoms with Crippen molar-refractivity contribution in [3.8, 4) is 16.9 Å². The molecule has 4 nitrogen and oxygen atoms in total. The van der Waals surface area contributed by atoms with Crippen LogP contribution in [0.1, 0.15) is 6.92 Å². The van der Waals surface area contributed by atoms with Crippen molar-refractivity contribution >= 4 is 22.8 Å². The van der Waals surface area contributed by atoms with Crippen molar-refractivity contribution in [1.29, 1.82) is 0 Å². The molecule has 1 N–H and O–H groups in total. The van der Waals surface area contributed by atoms with Crippen molar-refractivity contribution in [2.24, 2.45) is 5.92 Å². The molecule has 0 saturated carbocycles. The molecule has 23 heavy (non-hydrogen) atoms. The second-order valence-corrected chi connectivity index (χ2v) is 6.24. The first-order chi connectivity index (χ1) is 11.1. The van der Waals surface area contributed by atoms with Gasteiger partial charge in [0.1, 0.15) is 18.3 Å². The molecule has 0 saturated heterocycles. The zero-order chi connectivity index (χ0) is 16.7. The molecule has 2 aromatic rings. The standard InChI is InChI=1S/C18H18O4S/c1-13(19)23-12-16(18(20)21)11-22-17-9-7-15(8-10-17)14-5-3-2-4-6-14/h2-10,16H,11-12H2,1H3,(H,20,21). The average Bonchev–Trinajstić information content (AvgIpc) is 2.55. The van der Waals surface area contributed by atoms with Crippen LogP contribution in [0.2, 0.25) is 0 Å². The molecule has 0 aliphatic heterocycles. The Labute approximate surface area is 139 Å². The fourth-order valence-corrected chi connectivity index (χ4v) is 2.65. The van der Waals surface area contributed by atoms with Gasteiger partial charge in [-0.3, -0.25) is 9.59 Å². The lowest BCUT2D eigenvalue weighted by Crippen LogP contribution is -2.24. The van der Waals surface area contributed by atoms with E-state index >= 15 is 0 Å². The molecule has 0 bridgehead atoms. The number of benzene rings is 2. The summed E-state index contributed by atoms with van der Waals surface area (Å²) in [7, 11) is 0. The van der Waals surface area contributed by atoms with Gasteiger partial charge in [-0.15, -0.1) is 0 Å². The van der Waals surface area contributed by atoms with Crippen molar-refractivity contribution in [2.45, 2.75) is 6.92 Å². The van der Waals surface area contributed by atoms with Crippen LogP contribution in [0, 0.1) is 5.92 Å². The number of carboxylic acids is 1. The monoisotopic (exact) mass is 330 g/mol. The number of ether oxygens (including phenoxy) is 1. The van der Waals surface area contributed by atoms with E-state index in [4.69, 9.17) is 9.84 Å². The Morgan fingerprint density at radius 1 is 1.04 bits per heavy atom. The maximum atomic E-state index is 11.2. The van der Waals surface area contributed by atoms with Crippen molar-refractivity contribution < 1.29 is 19.4 Å². The third-order valence-corrected chi connectivity index (χ3v) is 4.23. The van der Waals surface area contributed by atoms with Gasteiger partial charge in [-0.05, 0) is 23.3 Å². The van der Waals surface area contributed by atoms with Gasteiger partial charge in [0.2, 0.25) is 0 Å². The van der Waals surface area contributed by atoms with E-state index in [1.165, 1.54) is 6.92 Å². The van der Waals surface area contributed by atoms with Crippen LogP contribution >= 0.6 is 11.8 Å². The minimum Gasteiger partial charge on any atom is -0.493 e. The average molecular weight is 330 g/mol. The second kappa shape index (κ2) is 8.39. The van der Waals surface area contributed by atoms with Crippen LogP contribution in [0.3, 0.4) is 0 Å². The molecule has 0 radical (unpaired) electrons. The summed E-state index contributed by atoms with van der Waals surface area (Å²) >= 11 is 1.00. The molecular formula is C18H18O4S. The maximum absolute atomic E-state index is 11.2. The van der Waals surface area contributed by atoms with Gasteiger partial charge < -0.3 is 9.84 Å². The highest BCUT2D eigenvalue weighted by molar-refractivity contribution is 8.13. The summed E-state index contributed by atoms with van der Waals surface area (Å²) in [6.07, 6.45) is 0. The lowest BCUT2D eigenvalue weighted by atomic mass is 10.1. The highest BCUT2D eigenvalue weighted by Gasteiger charge is 2.19. The first kappa shape index (κ1) is 17.1. The van der Waals surface area contributed by atoms with Crippen molar-refractivity contribution in [1.82, 2.24) is 0 Å². The lowest BCUT2D eigenvalue weighted by molar-refractivity contribution is -0.141.